The van der Waals surface area contributed by atoms with E-state index in [9.17, 15) is 20.1 Å². The number of aliphatic hydroxyl groups excluding tert-OH is 3. The number of ether oxygens (including phenoxy) is 2. The highest BCUT2D eigenvalue weighted by Gasteiger charge is 2.35. The van der Waals surface area contributed by atoms with E-state index in [2.05, 4.69) is 4.98 Å². The summed E-state index contributed by atoms with van der Waals surface area (Å²) in [5, 5.41) is 30.6. The molecule has 0 bridgehead atoms. The van der Waals surface area contributed by atoms with Gasteiger partial charge in [-0.25, -0.2) is 0 Å². The van der Waals surface area contributed by atoms with Crippen molar-refractivity contribution in [2.24, 2.45) is 0 Å². The van der Waals surface area contributed by atoms with Crippen molar-refractivity contribution < 1.29 is 24.8 Å². The van der Waals surface area contributed by atoms with E-state index in [-0.39, 0.29) is 24.5 Å². The van der Waals surface area contributed by atoms with Gasteiger partial charge in [0.1, 0.15) is 12.2 Å². The molecule has 2 heterocycles. The molecule has 2 aliphatic rings. The van der Waals surface area contributed by atoms with Crippen molar-refractivity contribution in [1.82, 2.24) is 4.98 Å². The van der Waals surface area contributed by atoms with Crippen LogP contribution in [0.2, 0.25) is 0 Å². The maximum Gasteiger partial charge on any atom is 0.256 e. The smallest absolute Gasteiger partial charge is 0.256 e. The number of fused-ring (bicyclic) bond motifs is 4. The van der Waals surface area contributed by atoms with Gasteiger partial charge >= 0.3 is 0 Å². The van der Waals surface area contributed by atoms with E-state index >= 15 is 0 Å². The van der Waals surface area contributed by atoms with Crippen molar-refractivity contribution in [3.8, 4) is 11.5 Å². The molecule has 21 heavy (non-hydrogen) atoms. The Morgan fingerprint density at radius 1 is 1.10 bits per heavy atom. The quantitative estimate of drug-likeness (QED) is 0.524. The minimum absolute atomic E-state index is 0.0930. The fraction of sp³-hybridized carbons (Fsp3) is 0.357. The van der Waals surface area contributed by atoms with Gasteiger partial charge in [0.15, 0.2) is 11.5 Å². The molecule has 0 spiro atoms. The summed E-state index contributed by atoms with van der Waals surface area (Å²) in [6.07, 6.45) is -3.60. The summed E-state index contributed by atoms with van der Waals surface area (Å²) in [4.78, 5) is 14.8. The maximum absolute atomic E-state index is 12.2. The van der Waals surface area contributed by atoms with Crippen molar-refractivity contribution in [3.63, 3.8) is 0 Å². The Hall–Kier alpha value is -2.09. The molecule has 1 aromatic heterocycles. The Kier molecular flexibility index (Phi) is 2.53. The molecule has 0 fully saturated rings. The SMILES string of the molecule is O=c1[nH]c2c(c3cc4c(cc13)OCO4)C[C@H](O)[C@@H](O)[C@H]2O. The molecule has 7 heteroatoms. The van der Waals surface area contributed by atoms with Crippen LogP contribution in [0.5, 0.6) is 11.5 Å². The largest absolute Gasteiger partial charge is 0.454 e. The summed E-state index contributed by atoms with van der Waals surface area (Å²) in [6, 6.07) is 3.25. The van der Waals surface area contributed by atoms with Crippen LogP contribution in [0.4, 0.5) is 0 Å². The fourth-order valence-electron chi connectivity index (χ4n) is 2.97. The zero-order valence-corrected chi connectivity index (χ0v) is 10.9. The van der Waals surface area contributed by atoms with Crippen molar-refractivity contribution in [2.45, 2.75) is 24.7 Å². The van der Waals surface area contributed by atoms with Crippen molar-refractivity contribution in [1.29, 1.82) is 0 Å². The van der Waals surface area contributed by atoms with Crippen LogP contribution in [0.15, 0.2) is 16.9 Å². The first-order valence-corrected chi connectivity index (χ1v) is 6.59. The zero-order valence-electron chi connectivity index (χ0n) is 10.9. The molecule has 1 aromatic carbocycles. The van der Waals surface area contributed by atoms with E-state index in [1.165, 1.54) is 0 Å². The van der Waals surface area contributed by atoms with Crippen LogP contribution in [-0.4, -0.2) is 39.3 Å². The third-order valence-corrected chi connectivity index (χ3v) is 4.08. The number of H-pyrrole nitrogens is 1. The summed E-state index contributed by atoms with van der Waals surface area (Å²) in [7, 11) is 0. The Morgan fingerprint density at radius 3 is 2.48 bits per heavy atom. The van der Waals surface area contributed by atoms with E-state index in [1.54, 1.807) is 12.1 Å². The summed E-state index contributed by atoms with van der Waals surface area (Å²) >= 11 is 0. The highest BCUT2D eigenvalue weighted by atomic mass is 16.7. The number of benzene rings is 1. The number of aromatic nitrogens is 1. The maximum atomic E-state index is 12.2. The number of pyridine rings is 1. The van der Waals surface area contributed by atoms with Crippen molar-refractivity contribution in [3.05, 3.63) is 33.7 Å². The molecule has 4 rings (SSSR count). The van der Waals surface area contributed by atoms with Crippen LogP contribution in [0.3, 0.4) is 0 Å². The van der Waals surface area contributed by atoms with Crippen LogP contribution in [0.25, 0.3) is 10.8 Å². The van der Waals surface area contributed by atoms with E-state index in [4.69, 9.17) is 9.47 Å². The van der Waals surface area contributed by atoms with Gasteiger partial charge in [-0.3, -0.25) is 4.79 Å². The van der Waals surface area contributed by atoms with Gasteiger partial charge in [-0.15, -0.1) is 0 Å². The minimum atomic E-state index is -1.33. The third-order valence-electron chi connectivity index (χ3n) is 4.08. The van der Waals surface area contributed by atoms with Gasteiger partial charge in [-0.1, -0.05) is 0 Å². The van der Waals surface area contributed by atoms with Gasteiger partial charge in [-0.2, -0.15) is 0 Å². The van der Waals surface area contributed by atoms with Crippen LogP contribution in [-0.2, 0) is 6.42 Å². The molecule has 3 atom stereocenters. The highest BCUT2D eigenvalue weighted by Crippen LogP contribution is 2.39. The van der Waals surface area contributed by atoms with Gasteiger partial charge in [-0.05, 0) is 23.1 Å². The second kappa shape index (κ2) is 4.20. The number of rotatable bonds is 0. The molecule has 0 saturated heterocycles. The topological polar surface area (TPSA) is 112 Å². The van der Waals surface area contributed by atoms with Gasteiger partial charge in [0.05, 0.1) is 17.2 Å². The molecule has 4 N–H and O–H groups in total. The molecular weight excluding hydrogens is 278 g/mol. The lowest BCUT2D eigenvalue weighted by Crippen LogP contribution is -2.40. The predicted octanol–water partition coefficient (Wildman–Crippen LogP) is -0.432. The van der Waals surface area contributed by atoms with Gasteiger partial charge in [0.2, 0.25) is 6.79 Å². The molecule has 0 saturated carbocycles. The first-order chi connectivity index (χ1) is 10.1. The van der Waals surface area contributed by atoms with Crippen LogP contribution >= 0.6 is 0 Å². The standard InChI is InChI=1S/C14H13NO6/c16-8-1-6-5-2-9-10(21-4-20-9)3-7(5)14(19)15-11(6)13(18)12(8)17/h2-3,8,12-13,16-18H,1,4H2,(H,15,19)/t8-,12+,13-/m0/s1. The number of aliphatic hydroxyl groups is 3. The highest BCUT2D eigenvalue weighted by molar-refractivity contribution is 5.89. The van der Waals surface area contributed by atoms with E-state index < -0.39 is 18.3 Å². The Morgan fingerprint density at radius 2 is 1.76 bits per heavy atom. The van der Waals surface area contributed by atoms with E-state index in [0.717, 1.165) is 0 Å². The summed E-state index contributed by atoms with van der Waals surface area (Å²) in [5.74, 6) is 1.01. The summed E-state index contributed by atoms with van der Waals surface area (Å²) in [5.41, 5.74) is 0.460. The van der Waals surface area contributed by atoms with Crippen molar-refractivity contribution in [2.75, 3.05) is 6.79 Å². The molecule has 7 nitrogen and oxygen atoms in total. The van der Waals surface area contributed by atoms with Gasteiger partial charge in [0.25, 0.3) is 5.56 Å². The summed E-state index contributed by atoms with van der Waals surface area (Å²) < 4.78 is 10.6. The molecule has 1 aliphatic heterocycles. The van der Waals surface area contributed by atoms with Gasteiger partial charge < -0.3 is 29.8 Å². The molecule has 2 aromatic rings. The Balaban J connectivity index is 2.05. The number of aromatic amines is 1. The van der Waals surface area contributed by atoms with E-state index in [0.29, 0.717) is 27.8 Å². The zero-order chi connectivity index (χ0) is 14.7. The number of hydrogen-bond acceptors (Lipinski definition) is 6. The number of hydrogen-bond donors (Lipinski definition) is 4. The van der Waals surface area contributed by atoms with Crippen LogP contribution < -0.4 is 15.0 Å². The molecule has 110 valence electrons. The molecule has 0 unspecified atom stereocenters. The monoisotopic (exact) mass is 291 g/mol. The normalized spacial score (nSPS) is 26.9. The first kappa shape index (κ1) is 12.6. The fourth-order valence-corrected chi connectivity index (χ4v) is 2.97. The van der Waals surface area contributed by atoms with E-state index in [1.807, 2.05) is 0 Å². The van der Waals surface area contributed by atoms with Crippen LogP contribution in [0.1, 0.15) is 17.4 Å². The molecular formula is C14H13NO6. The Labute approximate surface area is 118 Å². The minimum Gasteiger partial charge on any atom is -0.454 e. The average Bonchev–Trinajstić information content (AvgIpc) is 2.92. The lowest BCUT2D eigenvalue weighted by molar-refractivity contribution is -0.0702. The lowest BCUT2D eigenvalue weighted by atomic mass is 9.86. The molecule has 0 amide bonds. The first-order valence-electron chi connectivity index (χ1n) is 6.59. The Bertz CT molecular complexity index is 798. The average molecular weight is 291 g/mol. The lowest BCUT2D eigenvalue weighted by Gasteiger charge is -2.31. The van der Waals surface area contributed by atoms with Gasteiger partial charge in [0, 0.05) is 6.42 Å². The summed E-state index contributed by atoms with van der Waals surface area (Å²) in [6.45, 7) is 0.0930. The third kappa shape index (κ3) is 1.68. The molecule has 0 radical (unpaired) electrons. The number of nitrogens with one attached hydrogen (secondary N) is 1. The second-order valence-corrected chi connectivity index (χ2v) is 5.30. The molecule has 1 aliphatic carbocycles. The second-order valence-electron chi connectivity index (χ2n) is 5.30. The van der Waals surface area contributed by atoms with Crippen molar-refractivity contribution >= 4 is 10.8 Å². The van der Waals surface area contributed by atoms with Crippen LogP contribution in [0, 0.1) is 0 Å². The predicted molar refractivity (Wildman–Crippen MR) is 71.4 cm³/mol.